The van der Waals surface area contributed by atoms with E-state index < -0.39 is 10.0 Å². The molecule has 0 spiro atoms. The largest absolute Gasteiger partial charge is 0.396 e. The number of aliphatic hydroxyl groups excluding tert-OH is 1. The molecule has 2 atom stereocenters. The van der Waals surface area contributed by atoms with Gasteiger partial charge in [0.05, 0.1) is 4.90 Å². The van der Waals surface area contributed by atoms with Gasteiger partial charge in [0.25, 0.3) is 0 Å². The number of carbonyl (C=O) groups excluding carboxylic acids is 1. The maximum Gasteiger partial charge on any atom is 0.243 e. The molecule has 1 saturated heterocycles. The number of rotatable bonds is 3. The number of aliphatic hydroxyl groups is 1. The van der Waals surface area contributed by atoms with Crippen LogP contribution in [-0.2, 0) is 21.2 Å². The molecule has 1 amide bonds. The molecule has 0 unspecified atom stereocenters. The zero-order valence-corrected chi connectivity index (χ0v) is 14.2. The van der Waals surface area contributed by atoms with E-state index >= 15 is 0 Å². The molecular formula is C16H22N2O4S. The van der Waals surface area contributed by atoms with E-state index in [1.54, 1.807) is 23.1 Å². The Kier molecular flexibility index (Phi) is 4.20. The van der Waals surface area contributed by atoms with Crippen LogP contribution < -0.4 is 4.90 Å². The SMILES string of the molecule is CC(=O)N1CCc2ccc(S(=O)(=O)N3C[C@@H](CO)[C@H](C)C3)cc21. The highest BCUT2D eigenvalue weighted by Crippen LogP contribution is 2.33. The standard InChI is InChI=1S/C16H22N2O4S/c1-11-8-17(9-14(11)10-19)23(21,22)15-4-3-13-5-6-18(12(2)20)16(13)7-15/h3-4,7,11,14,19H,5-6,8-10H2,1-2H3/t11-,14+/m1/s1. The Bertz CT molecular complexity index is 732. The predicted octanol–water partition coefficient (Wildman–Crippen LogP) is 0.844. The van der Waals surface area contributed by atoms with Crippen molar-refractivity contribution in [1.29, 1.82) is 0 Å². The zero-order chi connectivity index (χ0) is 16.8. The second-order valence-corrected chi connectivity index (χ2v) is 8.39. The maximum atomic E-state index is 12.9. The van der Waals surface area contributed by atoms with E-state index in [1.807, 2.05) is 6.92 Å². The third kappa shape index (κ3) is 2.77. The molecule has 3 rings (SSSR count). The molecule has 0 bridgehead atoms. The minimum Gasteiger partial charge on any atom is -0.396 e. The number of hydrogen-bond donors (Lipinski definition) is 1. The lowest BCUT2D eigenvalue weighted by molar-refractivity contribution is -0.116. The first-order valence-corrected chi connectivity index (χ1v) is 9.30. The number of anilines is 1. The third-order valence-electron chi connectivity index (χ3n) is 4.94. The Morgan fingerprint density at radius 2 is 2.09 bits per heavy atom. The van der Waals surface area contributed by atoms with Gasteiger partial charge in [-0.2, -0.15) is 4.31 Å². The lowest BCUT2D eigenvalue weighted by Gasteiger charge is -2.19. The van der Waals surface area contributed by atoms with Crippen molar-refractivity contribution in [2.75, 3.05) is 31.1 Å². The fraction of sp³-hybridized carbons (Fsp3) is 0.562. The summed E-state index contributed by atoms with van der Waals surface area (Å²) < 4.78 is 27.2. The highest BCUT2D eigenvalue weighted by Gasteiger charge is 2.37. The number of sulfonamides is 1. The molecule has 23 heavy (non-hydrogen) atoms. The Hall–Kier alpha value is -1.44. The molecule has 1 aromatic rings. The lowest BCUT2D eigenvalue weighted by Crippen LogP contribution is -2.30. The summed E-state index contributed by atoms with van der Waals surface area (Å²) in [5, 5.41) is 9.35. The van der Waals surface area contributed by atoms with Crippen LogP contribution in [0, 0.1) is 11.8 Å². The van der Waals surface area contributed by atoms with Crippen LogP contribution in [0.25, 0.3) is 0 Å². The summed E-state index contributed by atoms with van der Waals surface area (Å²) in [4.78, 5) is 13.5. The Balaban J connectivity index is 1.93. The van der Waals surface area contributed by atoms with Crippen LogP contribution in [0.3, 0.4) is 0 Å². The van der Waals surface area contributed by atoms with Crippen molar-refractivity contribution in [3.8, 4) is 0 Å². The van der Waals surface area contributed by atoms with Crippen LogP contribution in [0.5, 0.6) is 0 Å². The van der Waals surface area contributed by atoms with Gasteiger partial charge in [0.15, 0.2) is 0 Å². The third-order valence-corrected chi connectivity index (χ3v) is 6.77. The van der Waals surface area contributed by atoms with Gasteiger partial charge in [0.2, 0.25) is 15.9 Å². The Morgan fingerprint density at radius 1 is 1.35 bits per heavy atom. The van der Waals surface area contributed by atoms with Gasteiger partial charge in [-0.3, -0.25) is 4.79 Å². The summed E-state index contributed by atoms with van der Waals surface area (Å²) in [6, 6.07) is 5.03. The van der Waals surface area contributed by atoms with Crippen LogP contribution in [0.15, 0.2) is 23.1 Å². The fourth-order valence-corrected chi connectivity index (χ4v) is 5.03. The van der Waals surface area contributed by atoms with E-state index in [1.165, 1.54) is 11.2 Å². The molecular weight excluding hydrogens is 316 g/mol. The summed E-state index contributed by atoms with van der Waals surface area (Å²) in [7, 11) is -3.60. The summed E-state index contributed by atoms with van der Waals surface area (Å²) in [5.74, 6) is 0.0410. The highest BCUT2D eigenvalue weighted by molar-refractivity contribution is 7.89. The molecule has 1 fully saturated rings. The van der Waals surface area contributed by atoms with Gasteiger partial charge in [-0.25, -0.2) is 8.42 Å². The van der Waals surface area contributed by atoms with Crippen molar-refractivity contribution < 1.29 is 18.3 Å². The number of amides is 1. The van der Waals surface area contributed by atoms with Gasteiger partial charge in [-0.15, -0.1) is 0 Å². The van der Waals surface area contributed by atoms with Gasteiger partial charge in [-0.1, -0.05) is 13.0 Å². The molecule has 1 N–H and O–H groups in total. The predicted molar refractivity (Wildman–Crippen MR) is 86.7 cm³/mol. The molecule has 0 saturated carbocycles. The van der Waals surface area contributed by atoms with E-state index in [-0.39, 0.29) is 29.2 Å². The summed E-state index contributed by atoms with van der Waals surface area (Å²) in [5.41, 5.74) is 1.70. The van der Waals surface area contributed by atoms with Crippen molar-refractivity contribution in [1.82, 2.24) is 4.31 Å². The number of fused-ring (bicyclic) bond motifs is 1. The van der Waals surface area contributed by atoms with Crippen molar-refractivity contribution in [3.05, 3.63) is 23.8 Å². The zero-order valence-electron chi connectivity index (χ0n) is 13.4. The Morgan fingerprint density at radius 3 is 2.70 bits per heavy atom. The average Bonchev–Trinajstić information content (AvgIpc) is 3.09. The van der Waals surface area contributed by atoms with Crippen molar-refractivity contribution in [2.24, 2.45) is 11.8 Å². The molecule has 2 aliphatic rings. The first-order valence-electron chi connectivity index (χ1n) is 7.86. The minimum atomic E-state index is -3.60. The van der Waals surface area contributed by atoms with Crippen LogP contribution in [0.2, 0.25) is 0 Å². The van der Waals surface area contributed by atoms with Crippen LogP contribution >= 0.6 is 0 Å². The number of carbonyl (C=O) groups is 1. The van der Waals surface area contributed by atoms with Crippen molar-refractivity contribution in [2.45, 2.75) is 25.2 Å². The number of hydrogen-bond acceptors (Lipinski definition) is 4. The van der Waals surface area contributed by atoms with E-state index in [2.05, 4.69) is 0 Å². The van der Waals surface area contributed by atoms with Gasteiger partial charge < -0.3 is 10.0 Å². The van der Waals surface area contributed by atoms with Gasteiger partial charge >= 0.3 is 0 Å². The topological polar surface area (TPSA) is 77.9 Å². The van der Waals surface area contributed by atoms with Crippen molar-refractivity contribution in [3.63, 3.8) is 0 Å². The monoisotopic (exact) mass is 338 g/mol. The second-order valence-electron chi connectivity index (χ2n) is 6.45. The highest BCUT2D eigenvalue weighted by atomic mass is 32.2. The quantitative estimate of drug-likeness (QED) is 0.886. The van der Waals surface area contributed by atoms with Gasteiger partial charge in [-0.05, 0) is 36.0 Å². The first kappa shape index (κ1) is 16.4. The maximum absolute atomic E-state index is 12.9. The summed E-state index contributed by atoms with van der Waals surface area (Å²) in [6.45, 7) is 4.80. The molecule has 126 valence electrons. The fourth-order valence-electron chi connectivity index (χ4n) is 3.42. The summed E-state index contributed by atoms with van der Waals surface area (Å²) >= 11 is 0. The number of benzene rings is 1. The average molecular weight is 338 g/mol. The molecule has 6 nitrogen and oxygen atoms in total. The molecule has 0 aromatic heterocycles. The Labute approximate surface area is 136 Å². The molecule has 1 aromatic carbocycles. The second kappa shape index (κ2) is 5.89. The van der Waals surface area contributed by atoms with Crippen LogP contribution in [0.4, 0.5) is 5.69 Å². The van der Waals surface area contributed by atoms with Crippen molar-refractivity contribution >= 4 is 21.6 Å². The molecule has 7 heteroatoms. The van der Waals surface area contributed by atoms with E-state index in [0.717, 1.165) is 12.0 Å². The summed E-state index contributed by atoms with van der Waals surface area (Å²) in [6.07, 6.45) is 0.753. The first-order chi connectivity index (χ1) is 10.8. The van der Waals surface area contributed by atoms with E-state index in [4.69, 9.17) is 0 Å². The smallest absolute Gasteiger partial charge is 0.243 e. The van der Waals surface area contributed by atoms with E-state index in [9.17, 15) is 18.3 Å². The lowest BCUT2D eigenvalue weighted by atomic mass is 10.00. The van der Waals surface area contributed by atoms with E-state index in [0.29, 0.717) is 25.3 Å². The van der Waals surface area contributed by atoms with Gasteiger partial charge in [0.1, 0.15) is 0 Å². The van der Waals surface area contributed by atoms with Gasteiger partial charge in [0, 0.05) is 38.9 Å². The normalized spacial score (nSPS) is 24.9. The molecule has 2 aliphatic heterocycles. The van der Waals surface area contributed by atoms with Crippen LogP contribution in [0.1, 0.15) is 19.4 Å². The van der Waals surface area contributed by atoms with Crippen LogP contribution in [-0.4, -0.2) is 50.0 Å². The number of nitrogens with zero attached hydrogens (tertiary/aromatic N) is 2. The minimum absolute atomic E-state index is 0.00448. The molecule has 2 heterocycles. The molecule has 0 aliphatic carbocycles. The molecule has 0 radical (unpaired) electrons.